The van der Waals surface area contributed by atoms with Crippen molar-refractivity contribution >= 4 is 0 Å². The van der Waals surface area contributed by atoms with Crippen molar-refractivity contribution in [3.05, 3.63) is 17.2 Å². The van der Waals surface area contributed by atoms with Crippen molar-refractivity contribution in [3.8, 4) is 0 Å². The Labute approximate surface area is 103 Å². The van der Waals surface area contributed by atoms with E-state index in [2.05, 4.69) is 23.7 Å². The number of hydrogen-bond acceptors (Lipinski definition) is 3. The molecule has 2 heterocycles. The van der Waals surface area contributed by atoms with E-state index in [4.69, 9.17) is 9.72 Å². The molecule has 1 N–H and O–H groups in total. The maximum absolute atomic E-state index is 5.29. The molecule has 1 aliphatic heterocycles. The lowest BCUT2D eigenvalue weighted by molar-refractivity contribution is 0.159. The first-order valence-corrected chi connectivity index (χ1v) is 6.56. The van der Waals surface area contributed by atoms with Gasteiger partial charge in [-0.1, -0.05) is 6.92 Å². The van der Waals surface area contributed by atoms with E-state index in [-0.39, 0.29) is 0 Å². The largest absolute Gasteiger partial charge is 0.383 e. The minimum absolute atomic E-state index is 0.385. The smallest absolute Gasteiger partial charge is 0.109 e. The van der Waals surface area contributed by atoms with Gasteiger partial charge >= 0.3 is 0 Å². The molecule has 1 aliphatic rings. The van der Waals surface area contributed by atoms with Crippen LogP contribution in [0.25, 0.3) is 0 Å². The zero-order chi connectivity index (χ0) is 12.3. The van der Waals surface area contributed by atoms with E-state index >= 15 is 0 Å². The molecule has 96 valence electrons. The minimum atomic E-state index is 0.385. The number of fused-ring (bicyclic) bond motifs is 1. The summed E-state index contributed by atoms with van der Waals surface area (Å²) in [6.07, 6.45) is 3.28. The second-order valence-electron chi connectivity index (χ2n) is 4.77. The highest BCUT2D eigenvalue weighted by Gasteiger charge is 2.22. The van der Waals surface area contributed by atoms with Crippen molar-refractivity contribution in [1.82, 2.24) is 14.9 Å². The average Bonchev–Trinajstić information content (AvgIpc) is 2.67. The Morgan fingerprint density at radius 1 is 1.53 bits per heavy atom. The number of methoxy groups -OCH3 is 1. The molecule has 0 fully saturated rings. The van der Waals surface area contributed by atoms with Crippen molar-refractivity contribution in [2.45, 2.75) is 45.7 Å². The summed E-state index contributed by atoms with van der Waals surface area (Å²) in [5.41, 5.74) is 2.65. The van der Waals surface area contributed by atoms with Gasteiger partial charge in [0.05, 0.1) is 18.3 Å². The highest BCUT2D eigenvalue weighted by Crippen LogP contribution is 2.22. The van der Waals surface area contributed by atoms with E-state index in [0.717, 1.165) is 39.0 Å². The van der Waals surface area contributed by atoms with E-state index in [9.17, 15) is 0 Å². The van der Waals surface area contributed by atoms with Gasteiger partial charge in [0.2, 0.25) is 0 Å². The van der Waals surface area contributed by atoms with Crippen LogP contribution >= 0.6 is 0 Å². The third-order valence-corrected chi connectivity index (χ3v) is 3.32. The molecule has 1 aromatic heterocycles. The molecule has 1 aromatic rings. The number of rotatable bonds is 5. The summed E-state index contributed by atoms with van der Waals surface area (Å²) >= 11 is 0. The van der Waals surface area contributed by atoms with Crippen LogP contribution in [-0.2, 0) is 24.1 Å². The van der Waals surface area contributed by atoms with Crippen molar-refractivity contribution in [2.24, 2.45) is 0 Å². The first kappa shape index (κ1) is 12.6. The quantitative estimate of drug-likeness (QED) is 0.847. The fourth-order valence-electron chi connectivity index (χ4n) is 2.63. The molecule has 4 nitrogen and oxygen atoms in total. The lowest BCUT2D eigenvalue weighted by Gasteiger charge is -2.21. The molecule has 2 rings (SSSR count). The summed E-state index contributed by atoms with van der Waals surface area (Å²) in [5, 5.41) is 3.39. The third kappa shape index (κ3) is 2.53. The molecule has 0 radical (unpaired) electrons. The van der Waals surface area contributed by atoms with Crippen molar-refractivity contribution in [2.75, 3.05) is 20.3 Å². The van der Waals surface area contributed by atoms with Crippen LogP contribution in [0.1, 0.15) is 43.5 Å². The Morgan fingerprint density at radius 3 is 3.06 bits per heavy atom. The Kier molecular flexibility index (Phi) is 4.18. The molecule has 1 unspecified atom stereocenters. The average molecular weight is 237 g/mol. The summed E-state index contributed by atoms with van der Waals surface area (Å²) in [7, 11) is 1.76. The molecule has 4 heteroatoms. The first-order valence-electron chi connectivity index (χ1n) is 6.56. The van der Waals surface area contributed by atoms with Crippen LogP contribution < -0.4 is 5.32 Å². The highest BCUT2D eigenvalue weighted by atomic mass is 16.5. The maximum atomic E-state index is 5.29. The molecule has 1 atom stereocenters. The number of hydrogen-bond donors (Lipinski definition) is 1. The lowest BCUT2D eigenvalue weighted by atomic mass is 10.1. The second kappa shape index (κ2) is 5.65. The summed E-state index contributed by atoms with van der Waals surface area (Å²) in [4.78, 5) is 4.79. The van der Waals surface area contributed by atoms with Gasteiger partial charge in [-0.2, -0.15) is 0 Å². The van der Waals surface area contributed by atoms with Crippen LogP contribution in [0.2, 0.25) is 0 Å². The van der Waals surface area contributed by atoms with Crippen LogP contribution in [0, 0.1) is 0 Å². The summed E-state index contributed by atoms with van der Waals surface area (Å²) in [6.45, 7) is 7.15. The summed E-state index contributed by atoms with van der Waals surface area (Å²) in [6, 6.07) is 0.385. The number of aromatic nitrogens is 2. The van der Waals surface area contributed by atoms with E-state index in [0.29, 0.717) is 6.04 Å². The van der Waals surface area contributed by atoms with Gasteiger partial charge in [0.15, 0.2) is 0 Å². The number of imidazole rings is 1. The maximum Gasteiger partial charge on any atom is 0.109 e. The van der Waals surface area contributed by atoms with Gasteiger partial charge in [0.25, 0.3) is 0 Å². The van der Waals surface area contributed by atoms with Gasteiger partial charge in [-0.15, -0.1) is 0 Å². The van der Waals surface area contributed by atoms with Crippen molar-refractivity contribution in [1.29, 1.82) is 0 Å². The lowest BCUT2D eigenvalue weighted by Crippen LogP contribution is -2.26. The fraction of sp³-hybridized carbons (Fsp3) is 0.769. The van der Waals surface area contributed by atoms with Gasteiger partial charge in [0.1, 0.15) is 5.82 Å². The normalized spacial score (nSPS) is 16.9. The number of ether oxygens (including phenoxy) is 1. The minimum Gasteiger partial charge on any atom is -0.383 e. The number of nitrogens with one attached hydrogen (secondary N) is 1. The molecule has 0 aliphatic carbocycles. The highest BCUT2D eigenvalue weighted by molar-refractivity contribution is 5.21. The summed E-state index contributed by atoms with van der Waals surface area (Å²) < 4.78 is 7.69. The van der Waals surface area contributed by atoms with Crippen molar-refractivity contribution < 1.29 is 4.74 Å². The Morgan fingerprint density at radius 2 is 2.35 bits per heavy atom. The standard InChI is InChI=1S/C13H23N3O/c1-4-5-13-15-11-8-14-7-6-12(11)16(13)10(2)9-17-3/h10,14H,4-9H2,1-3H3. The fourth-order valence-corrected chi connectivity index (χ4v) is 2.63. The van der Waals surface area contributed by atoms with E-state index in [1.165, 1.54) is 17.2 Å². The molecular weight excluding hydrogens is 214 g/mol. The molecule has 17 heavy (non-hydrogen) atoms. The predicted molar refractivity (Wildman–Crippen MR) is 68.2 cm³/mol. The Balaban J connectivity index is 2.34. The van der Waals surface area contributed by atoms with E-state index in [1.807, 2.05) is 0 Å². The number of aryl methyl sites for hydroxylation is 1. The van der Waals surface area contributed by atoms with Gasteiger partial charge in [-0.05, 0) is 13.3 Å². The molecular formula is C13H23N3O. The zero-order valence-corrected chi connectivity index (χ0v) is 11.1. The van der Waals surface area contributed by atoms with Gasteiger partial charge in [0, 0.05) is 38.7 Å². The second-order valence-corrected chi connectivity index (χ2v) is 4.77. The van der Waals surface area contributed by atoms with Crippen LogP contribution in [0.5, 0.6) is 0 Å². The molecule has 0 saturated carbocycles. The summed E-state index contributed by atoms with van der Waals surface area (Å²) in [5.74, 6) is 1.23. The Hall–Kier alpha value is -0.870. The molecule has 0 aromatic carbocycles. The predicted octanol–water partition coefficient (Wildman–Crippen LogP) is 1.69. The number of nitrogens with zero attached hydrogens (tertiary/aromatic N) is 2. The van der Waals surface area contributed by atoms with Crippen molar-refractivity contribution in [3.63, 3.8) is 0 Å². The van der Waals surface area contributed by atoms with E-state index < -0.39 is 0 Å². The zero-order valence-electron chi connectivity index (χ0n) is 11.1. The molecule has 0 amide bonds. The monoisotopic (exact) mass is 237 g/mol. The SMILES string of the molecule is CCCc1nc2c(n1C(C)COC)CCNC2. The van der Waals surface area contributed by atoms with Crippen LogP contribution in [0.15, 0.2) is 0 Å². The molecule has 0 spiro atoms. The molecule has 0 saturated heterocycles. The van der Waals surface area contributed by atoms with Gasteiger partial charge in [-0.25, -0.2) is 4.98 Å². The van der Waals surface area contributed by atoms with Crippen LogP contribution in [-0.4, -0.2) is 29.8 Å². The van der Waals surface area contributed by atoms with Crippen LogP contribution in [0.4, 0.5) is 0 Å². The van der Waals surface area contributed by atoms with Crippen LogP contribution in [0.3, 0.4) is 0 Å². The first-order chi connectivity index (χ1) is 8.27. The van der Waals surface area contributed by atoms with E-state index in [1.54, 1.807) is 7.11 Å². The molecule has 0 bridgehead atoms. The van der Waals surface area contributed by atoms with Gasteiger partial charge < -0.3 is 14.6 Å². The third-order valence-electron chi connectivity index (χ3n) is 3.32. The Bertz CT molecular complexity index is 373. The van der Waals surface area contributed by atoms with Gasteiger partial charge in [-0.3, -0.25) is 0 Å². The topological polar surface area (TPSA) is 39.1 Å².